The summed E-state index contributed by atoms with van der Waals surface area (Å²) in [4.78, 5) is 11.6. The highest BCUT2D eigenvalue weighted by Crippen LogP contribution is 2.12. The molecule has 0 saturated heterocycles. The molecule has 0 heterocycles. The zero-order valence-corrected chi connectivity index (χ0v) is 13.9. The molecule has 0 radical (unpaired) electrons. The summed E-state index contributed by atoms with van der Waals surface area (Å²) in [5, 5.41) is 5.95. The number of hydrogen-bond donors (Lipinski definition) is 2. The van der Waals surface area contributed by atoms with Gasteiger partial charge in [0.25, 0.3) is 0 Å². The molecule has 1 aromatic carbocycles. The number of benzene rings is 1. The van der Waals surface area contributed by atoms with Gasteiger partial charge in [-0.05, 0) is 38.5 Å². The first-order chi connectivity index (χ1) is 10.3. The molecule has 1 amide bonds. The highest BCUT2D eigenvalue weighted by Gasteiger charge is 2.15. The number of alkyl carbamates (subject to hydrolysis) is 1. The van der Waals surface area contributed by atoms with Gasteiger partial charge in [-0.1, -0.05) is 12.1 Å². The van der Waals surface area contributed by atoms with E-state index in [0.29, 0.717) is 13.1 Å². The number of amides is 1. The third-order valence-corrected chi connectivity index (χ3v) is 2.76. The fourth-order valence-electron chi connectivity index (χ4n) is 1.74. The monoisotopic (exact) mass is 310 g/mol. The predicted octanol–water partition coefficient (Wildman–Crippen LogP) is 2.74. The standard InChI is InChI=1S/C16H26N2O4/c1-16(2,3)22-15(19)18-10-12-7-6-8-13(9-12)17-11-14(20-4)21-5/h6-9,14,17H,10-11H2,1-5H3,(H,18,19). The minimum absolute atomic E-state index is 0.302. The van der Waals surface area contributed by atoms with Gasteiger partial charge >= 0.3 is 6.09 Å². The van der Waals surface area contributed by atoms with Gasteiger partial charge < -0.3 is 24.8 Å². The Hall–Kier alpha value is -1.79. The Morgan fingerprint density at radius 3 is 2.50 bits per heavy atom. The third kappa shape index (κ3) is 7.28. The van der Waals surface area contributed by atoms with E-state index in [4.69, 9.17) is 14.2 Å². The molecule has 6 nitrogen and oxygen atoms in total. The van der Waals surface area contributed by atoms with Crippen LogP contribution in [0.2, 0.25) is 0 Å². The molecule has 0 bridgehead atoms. The zero-order valence-electron chi connectivity index (χ0n) is 13.9. The van der Waals surface area contributed by atoms with Crippen LogP contribution in [0.4, 0.5) is 10.5 Å². The van der Waals surface area contributed by atoms with Crippen molar-refractivity contribution in [2.75, 3.05) is 26.1 Å². The molecule has 0 aliphatic heterocycles. The summed E-state index contributed by atoms with van der Waals surface area (Å²) in [7, 11) is 3.19. The maximum absolute atomic E-state index is 11.6. The molecule has 1 rings (SSSR count). The van der Waals surface area contributed by atoms with Crippen molar-refractivity contribution < 1.29 is 19.0 Å². The van der Waals surface area contributed by atoms with Crippen molar-refractivity contribution in [2.24, 2.45) is 0 Å². The summed E-state index contributed by atoms with van der Waals surface area (Å²) >= 11 is 0. The van der Waals surface area contributed by atoms with Crippen LogP contribution in [-0.2, 0) is 20.8 Å². The Labute approximate surface area is 132 Å². The highest BCUT2D eigenvalue weighted by molar-refractivity contribution is 5.67. The Morgan fingerprint density at radius 2 is 1.91 bits per heavy atom. The first-order valence-corrected chi connectivity index (χ1v) is 7.19. The maximum Gasteiger partial charge on any atom is 0.407 e. The number of rotatable bonds is 7. The van der Waals surface area contributed by atoms with Crippen molar-refractivity contribution in [1.29, 1.82) is 0 Å². The second kappa shape index (κ2) is 8.60. The van der Waals surface area contributed by atoms with E-state index in [-0.39, 0.29) is 6.29 Å². The fourth-order valence-corrected chi connectivity index (χ4v) is 1.74. The zero-order chi connectivity index (χ0) is 16.6. The van der Waals surface area contributed by atoms with E-state index in [1.807, 2.05) is 45.0 Å². The molecule has 6 heteroatoms. The lowest BCUT2D eigenvalue weighted by atomic mass is 10.2. The molecule has 124 valence electrons. The fraction of sp³-hybridized carbons (Fsp3) is 0.562. The summed E-state index contributed by atoms with van der Waals surface area (Å²) in [5.74, 6) is 0. The smallest absolute Gasteiger partial charge is 0.407 e. The normalized spacial score (nSPS) is 11.4. The van der Waals surface area contributed by atoms with Crippen LogP contribution in [0.25, 0.3) is 0 Å². The number of carbonyl (C=O) groups is 1. The Bertz CT molecular complexity index is 467. The van der Waals surface area contributed by atoms with Crippen LogP contribution in [-0.4, -0.2) is 38.7 Å². The van der Waals surface area contributed by atoms with Gasteiger partial charge in [0.2, 0.25) is 0 Å². The SMILES string of the molecule is COC(CNc1cccc(CNC(=O)OC(C)(C)C)c1)OC. The Kier molecular flexibility index (Phi) is 7.14. The topological polar surface area (TPSA) is 68.8 Å². The molecular formula is C16H26N2O4. The molecular weight excluding hydrogens is 284 g/mol. The average Bonchev–Trinajstić information content (AvgIpc) is 2.45. The van der Waals surface area contributed by atoms with E-state index in [0.717, 1.165) is 11.3 Å². The third-order valence-electron chi connectivity index (χ3n) is 2.76. The van der Waals surface area contributed by atoms with Gasteiger partial charge in [0.05, 0.1) is 6.54 Å². The molecule has 0 fully saturated rings. The lowest BCUT2D eigenvalue weighted by molar-refractivity contribution is -0.0914. The van der Waals surface area contributed by atoms with Gasteiger partial charge in [0, 0.05) is 26.5 Å². The molecule has 1 aromatic rings. The number of methoxy groups -OCH3 is 2. The molecule has 0 aromatic heterocycles. The van der Waals surface area contributed by atoms with E-state index in [1.54, 1.807) is 14.2 Å². The number of anilines is 1. The van der Waals surface area contributed by atoms with E-state index < -0.39 is 11.7 Å². The molecule has 0 spiro atoms. The first kappa shape index (κ1) is 18.3. The quantitative estimate of drug-likeness (QED) is 0.758. The van der Waals surface area contributed by atoms with Crippen molar-refractivity contribution in [3.8, 4) is 0 Å². The lowest BCUT2D eigenvalue weighted by Gasteiger charge is -2.19. The van der Waals surface area contributed by atoms with E-state index in [9.17, 15) is 4.79 Å². The first-order valence-electron chi connectivity index (χ1n) is 7.19. The molecule has 22 heavy (non-hydrogen) atoms. The second-order valence-corrected chi connectivity index (χ2v) is 5.84. The van der Waals surface area contributed by atoms with Crippen LogP contribution in [0.5, 0.6) is 0 Å². The number of hydrogen-bond acceptors (Lipinski definition) is 5. The van der Waals surface area contributed by atoms with Crippen LogP contribution >= 0.6 is 0 Å². The Morgan fingerprint density at radius 1 is 1.23 bits per heavy atom. The van der Waals surface area contributed by atoms with Crippen molar-refractivity contribution in [3.63, 3.8) is 0 Å². The van der Waals surface area contributed by atoms with E-state index in [1.165, 1.54) is 0 Å². The summed E-state index contributed by atoms with van der Waals surface area (Å²) in [6, 6.07) is 7.76. The Balaban J connectivity index is 2.48. The molecule has 0 aliphatic rings. The van der Waals surface area contributed by atoms with Crippen molar-refractivity contribution in [1.82, 2.24) is 5.32 Å². The molecule has 0 unspecified atom stereocenters. The van der Waals surface area contributed by atoms with E-state index in [2.05, 4.69) is 10.6 Å². The lowest BCUT2D eigenvalue weighted by Crippen LogP contribution is -2.32. The number of nitrogens with one attached hydrogen (secondary N) is 2. The van der Waals surface area contributed by atoms with Crippen molar-refractivity contribution in [3.05, 3.63) is 29.8 Å². The van der Waals surface area contributed by atoms with Crippen LogP contribution < -0.4 is 10.6 Å². The average molecular weight is 310 g/mol. The van der Waals surface area contributed by atoms with Gasteiger partial charge in [-0.2, -0.15) is 0 Å². The van der Waals surface area contributed by atoms with Gasteiger partial charge in [0.1, 0.15) is 5.60 Å². The van der Waals surface area contributed by atoms with Crippen LogP contribution in [0.1, 0.15) is 26.3 Å². The van der Waals surface area contributed by atoms with Crippen molar-refractivity contribution in [2.45, 2.75) is 39.2 Å². The minimum atomic E-state index is -0.497. The summed E-state index contributed by atoms with van der Waals surface area (Å²) in [6.45, 7) is 6.44. The van der Waals surface area contributed by atoms with Gasteiger partial charge in [-0.3, -0.25) is 0 Å². The summed E-state index contributed by atoms with van der Waals surface area (Å²) in [5.41, 5.74) is 1.41. The van der Waals surface area contributed by atoms with Gasteiger partial charge in [0.15, 0.2) is 6.29 Å². The summed E-state index contributed by atoms with van der Waals surface area (Å²) < 4.78 is 15.4. The number of ether oxygens (including phenoxy) is 3. The molecule has 2 N–H and O–H groups in total. The predicted molar refractivity (Wildman–Crippen MR) is 85.8 cm³/mol. The molecule has 0 aliphatic carbocycles. The van der Waals surface area contributed by atoms with Gasteiger partial charge in [-0.15, -0.1) is 0 Å². The van der Waals surface area contributed by atoms with Crippen LogP contribution in [0.3, 0.4) is 0 Å². The van der Waals surface area contributed by atoms with Crippen LogP contribution in [0.15, 0.2) is 24.3 Å². The van der Waals surface area contributed by atoms with E-state index >= 15 is 0 Å². The largest absolute Gasteiger partial charge is 0.444 e. The number of carbonyl (C=O) groups excluding carboxylic acids is 1. The van der Waals surface area contributed by atoms with Crippen molar-refractivity contribution >= 4 is 11.8 Å². The van der Waals surface area contributed by atoms with Crippen LogP contribution in [0, 0.1) is 0 Å². The molecule has 0 saturated carbocycles. The minimum Gasteiger partial charge on any atom is -0.444 e. The maximum atomic E-state index is 11.6. The van der Waals surface area contributed by atoms with Gasteiger partial charge in [-0.25, -0.2) is 4.79 Å². The molecule has 0 atom stereocenters. The second-order valence-electron chi connectivity index (χ2n) is 5.84. The summed E-state index contributed by atoms with van der Waals surface area (Å²) in [6.07, 6.45) is -0.728. The highest BCUT2D eigenvalue weighted by atomic mass is 16.7.